The molecule has 140 valence electrons. The molecule has 5 nitrogen and oxygen atoms in total. The number of H-pyrrole nitrogens is 1. The van der Waals surface area contributed by atoms with E-state index in [2.05, 4.69) is 15.5 Å². The number of hydrogen-bond acceptors (Lipinski definition) is 3. The van der Waals surface area contributed by atoms with E-state index in [1.807, 2.05) is 12.1 Å². The second kappa shape index (κ2) is 7.78. The summed E-state index contributed by atoms with van der Waals surface area (Å²) in [5, 5.41) is 10.2. The summed E-state index contributed by atoms with van der Waals surface area (Å²) in [7, 11) is 0. The minimum Gasteiger partial charge on any atom is -0.469 e. The molecule has 0 bridgehead atoms. The number of aryl methyl sites for hydroxylation is 1. The third kappa shape index (κ3) is 3.79. The van der Waals surface area contributed by atoms with Gasteiger partial charge in [-0.3, -0.25) is 9.89 Å². The van der Waals surface area contributed by atoms with E-state index in [0.717, 1.165) is 48.3 Å². The molecular formula is C21H22FN3O2. The highest BCUT2D eigenvalue weighted by molar-refractivity contribution is 5.94. The molecule has 1 amide bonds. The number of aromatic amines is 1. The summed E-state index contributed by atoms with van der Waals surface area (Å²) in [6.07, 6.45) is 6.37. The summed E-state index contributed by atoms with van der Waals surface area (Å²) < 4.78 is 18.8. The number of carbonyl (C=O) groups is 1. The first-order valence-electron chi connectivity index (χ1n) is 9.35. The first-order valence-corrected chi connectivity index (χ1v) is 9.35. The van der Waals surface area contributed by atoms with Crippen molar-refractivity contribution in [2.24, 2.45) is 0 Å². The maximum absolute atomic E-state index is 13.3. The minimum absolute atomic E-state index is 0.0472. The molecule has 1 atom stereocenters. The summed E-state index contributed by atoms with van der Waals surface area (Å²) >= 11 is 0. The van der Waals surface area contributed by atoms with Gasteiger partial charge in [0, 0.05) is 23.7 Å². The highest BCUT2D eigenvalue weighted by Gasteiger charge is 2.22. The quantitative estimate of drug-likeness (QED) is 0.692. The molecule has 0 saturated heterocycles. The molecule has 0 aliphatic heterocycles. The zero-order chi connectivity index (χ0) is 18.6. The van der Waals surface area contributed by atoms with Crippen molar-refractivity contribution in [2.45, 2.75) is 38.0 Å². The molecular weight excluding hydrogens is 345 g/mol. The summed E-state index contributed by atoms with van der Waals surface area (Å²) in [5.41, 5.74) is 3.62. The van der Waals surface area contributed by atoms with E-state index in [1.54, 1.807) is 18.4 Å². The fraction of sp³-hybridized carbons (Fsp3) is 0.333. The lowest BCUT2D eigenvalue weighted by Crippen LogP contribution is -2.27. The zero-order valence-electron chi connectivity index (χ0n) is 15.0. The Balaban J connectivity index is 1.43. The van der Waals surface area contributed by atoms with Crippen LogP contribution < -0.4 is 5.32 Å². The van der Waals surface area contributed by atoms with Gasteiger partial charge in [-0.15, -0.1) is 0 Å². The molecule has 1 aliphatic carbocycles. The number of nitrogens with zero attached hydrogens (tertiary/aromatic N) is 1. The van der Waals surface area contributed by atoms with Crippen molar-refractivity contribution >= 4 is 5.91 Å². The van der Waals surface area contributed by atoms with Crippen molar-refractivity contribution in [3.63, 3.8) is 0 Å². The van der Waals surface area contributed by atoms with E-state index < -0.39 is 0 Å². The highest BCUT2D eigenvalue weighted by atomic mass is 19.1. The van der Waals surface area contributed by atoms with E-state index in [0.29, 0.717) is 18.7 Å². The third-order valence-electron chi connectivity index (χ3n) is 5.15. The van der Waals surface area contributed by atoms with Crippen LogP contribution in [0.25, 0.3) is 0 Å². The lowest BCUT2D eigenvalue weighted by atomic mass is 9.93. The molecule has 2 aromatic heterocycles. The molecule has 4 rings (SSSR count). The number of hydrogen-bond donors (Lipinski definition) is 2. The molecule has 1 aliphatic rings. The summed E-state index contributed by atoms with van der Waals surface area (Å²) in [5.74, 6) is 0.335. The van der Waals surface area contributed by atoms with E-state index in [9.17, 15) is 9.18 Å². The van der Waals surface area contributed by atoms with Crippen molar-refractivity contribution in [1.82, 2.24) is 15.5 Å². The minimum atomic E-state index is -0.270. The molecule has 0 spiro atoms. The zero-order valence-corrected chi connectivity index (χ0v) is 15.0. The standard InChI is InChI=1S/C21H22FN3O2/c22-15-9-7-14(8-10-15)16(19-6-3-13-27-19)11-12-23-21(26)20-17-4-1-2-5-18(17)24-25-20/h3,6-10,13,16H,1-2,4-5,11-12H2,(H,23,26)(H,24,25)/t16-/m1/s1. The van der Waals surface area contributed by atoms with Crippen LogP contribution in [0, 0.1) is 5.82 Å². The summed E-state index contributed by atoms with van der Waals surface area (Å²) in [6, 6.07) is 10.1. The van der Waals surface area contributed by atoms with Gasteiger partial charge in [-0.05, 0) is 61.9 Å². The van der Waals surface area contributed by atoms with Gasteiger partial charge in [-0.2, -0.15) is 5.10 Å². The van der Waals surface area contributed by atoms with Crippen molar-refractivity contribution in [1.29, 1.82) is 0 Å². The van der Waals surface area contributed by atoms with Crippen LogP contribution in [0.15, 0.2) is 47.1 Å². The van der Waals surface area contributed by atoms with Gasteiger partial charge in [0.15, 0.2) is 5.69 Å². The van der Waals surface area contributed by atoms with Gasteiger partial charge in [-0.1, -0.05) is 12.1 Å². The Bertz CT molecular complexity index is 900. The molecule has 2 heterocycles. The smallest absolute Gasteiger partial charge is 0.272 e. The number of aromatic nitrogens is 2. The van der Waals surface area contributed by atoms with Crippen molar-refractivity contribution in [2.75, 3.05) is 6.54 Å². The van der Waals surface area contributed by atoms with E-state index in [-0.39, 0.29) is 17.6 Å². The second-order valence-electron chi connectivity index (χ2n) is 6.90. The SMILES string of the molecule is O=C(NCC[C@H](c1ccc(F)cc1)c1ccco1)c1n[nH]c2c1CCCC2. The monoisotopic (exact) mass is 367 g/mol. The summed E-state index contributed by atoms with van der Waals surface area (Å²) in [4.78, 5) is 12.6. The van der Waals surface area contributed by atoms with Crippen molar-refractivity contribution in [3.05, 3.63) is 76.8 Å². The van der Waals surface area contributed by atoms with Crippen LogP contribution in [0.2, 0.25) is 0 Å². The van der Waals surface area contributed by atoms with Gasteiger partial charge in [-0.25, -0.2) is 4.39 Å². The number of fused-ring (bicyclic) bond motifs is 1. The first kappa shape index (κ1) is 17.5. The normalized spacial score (nSPS) is 14.6. The molecule has 2 N–H and O–H groups in total. The number of furan rings is 1. The second-order valence-corrected chi connectivity index (χ2v) is 6.90. The Kier molecular flexibility index (Phi) is 5.05. The maximum Gasteiger partial charge on any atom is 0.272 e. The van der Waals surface area contributed by atoms with Crippen LogP contribution in [0.1, 0.15) is 58.2 Å². The van der Waals surface area contributed by atoms with Crippen LogP contribution in [-0.4, -0.2) is 22.6 Å². The van der Waals surface area contributed by atoms with E-state index in [4.69, 9.17) is 4.42 Å². The average molecular weight is 367 g/mol. The van der Waals surface area contributed by atoms with Gasteiger partial charge in [0.1, 0.15) is 11.6 Å². The first-order chi connectivity index (χ1) is 13.2. The van der Waals surface area contributed by atoms with Gasteiger partial charge in [0.2, 0.25) is 0 Å². The van der Waals surface area contributed by atoms with E-state index in [1.165, 1.54) is 12.1 Å². The number of halogens is 1. The van der Waals surface area contributed by atoms with Crippen LogP contribution in [0.4, 0.5) is 4.39 Å². The Hall–Kier alpha value is -2.89. The topological polar surface area (TPSA) is 70.9 Å². The summed E-state index contributed by atoms with van der Waals surface area (Å²) in [6.45, 7) is 0.475. The average Bonchev–Trinajstić information content (AvgIpc) is 3.36. The van der Waals surface area contributed by atoms with Gasteiger partial charge in [0.05, 0.1) is 6.26 Å². The Morgan fingerprint density at radius 3 is 2.81 bits per heavy atom. The predicted molar refractivity (Wildman–Crippen MR) is 99.1 cm³/mol. The number of carbonyl (C=O) groups excluding carboxylic acids is 1. The molecule has 1 aromatic carbocycles. The Morgan fingerprint density at radius 1 is 1.22 bits per heavy atom. The maximum atomic E-state index is 13.3. The predicted octanol–water partition coefficient (Wildman–Crippen LogP) is 3.97. The van der Waals surface area contributed by atoms with Crippen molar-refractivity contribution < 1.29 is 13.6 Å². The molecule has 0 unspecified atom stereocenters. The Labute approximate surface area is 157 Å². The van der Waals surface area contributed by atoms with Crippen LogP contribution in [0.5, 0.6) is 0 Å². The lowest BCUT2D eigenvalue weighted by molar-refractivity contribution is 0.0946. The number of nitrogens with one attached hydrogen (secondary N) is 2. The largest absolute Gasteiger partial charge is 0.469 e. The van der Waals surface area contributed by atoms with Crippen LogP contribution >= 0.6 is 0 Å². The third-order valence-corrected chi connectivity index (χ3v) is 5.15. The number of amides is 1. The molecule has 0 radical (unpaired) electrons. The van der Waals surface area contributed by atoms with E-state index >= 15 is 0 Å². The van der Waals surface area contributed by atoms with Crippen LogP contribution in [-0.2, 0) is 12.8 Å². The molecule has 3 aromatic rings. The molecule has 0 saturated carbocycles. The van der Waals surface area contributed by atoms with Gasteiger partial charge in [0.25, 0.3) is 5.91 Å². The highest BCUT2D eigenvalue weighted by Crippen LogP contribution is 2.28. The number of rotatable bonds is 6. The molecule has 27 heavy (non-hydrogen) atoms. The van der Waals surface area contributed by atoms with Crippen LogP contribution in [0.3, 0.4) is 0 Å². The Morgan fingerprint density at radius 2 is 2.04 bits per heavy atom. The fourth-order valence-corrected chi connectivity index (χ4v) is 3.74. The van der Waals surface area contributed by atoms with Gasteiger partial charge >= 0.3 is 0 Å². The molecule has 6 heteroatoms. The molecule has 0 fully saturated rings. The van der Waals surface area contributed by atoms with Crippen molar-refractivity contribution in [3.8, 4) is 0 Å². The lowest BCUT2D eigenvalue weighted by Gasteiger charge is -2.16. The van der Waals surface area contributed by atoms with Gasteiger partial charge < -0.3 is 9.73 Å². The number of benzene rings is 1. The fourth-order valence-electron chi connectivity index (χ4n) is 3.74.